The molecule has 0 radical (unpaired) electrons. The monoisotopic (exact) mass is 350 g/mol. The molecule has 2 aromatic carbocycles. The summed E-state index contributed by atoms with van der Waals surface area (Å²) in [5, 5.41) is 2.78. The molecule has 1 atom stereocenters. The predicted octanol–water partition coefficient (Wildman–Crippen LogP) is 4.04. The normalized spacial score (nSPS) is 11.8. The number of nitrogens with zero attached hydrogens (tertiary/aromatic N) is 1. The van der Waals surface area contributed by atoms with E-state index in [2.05, 4.69) is 22.4 Å². The molecule has 0 aliphatic heterocycles. The summed E-state index contributed by atoms with van der Waals surface area (Å²) in [5.74, 6) is 1.69. The maximum atomic E-state index is 12.2. The van der Waals surface area contributed by atoms with Crippen molar-refractivity contribution in [2.24, 2.45) is 0 Å². The van der Waals surface area contributed by atoms with Crippen molar-refractivity contribution in [1.82, 2.24) is 10.3 Å². The topological polar surface area (TPSA) is 64.4 Å². The van der Waals surface area contributed by atoms with E-state index < -0.39 is 6.10 Å². The zero-order valence-corrected chi connectivity index (χ0v) is 15.2. The lowest BCUT2D eigenvalue weighted by Gasteiger charge is -2.14. The van der Waals surface area contributed by atoms with Crippen LogP contribution in [0.4, 0.5) is 0 Å². The van der Waals surface area contributed by atoms with Crippen molar-refractivity contribution >= 4 is 5.91 Å². The van der Waals surface area contributed by atoms with E-state index in [1.165, 1.54) is 0 Å². The molecule has 1 aromatic heterocycles. The Morgan fingerprint density at radius 1 is 1.08 bits per heavy atom. The summed E-state index contributed by atoms with van der Waals surface area (Å²) in [6.45, 7) is 5.67. The number of benzene rings is 2. The molecule has 0 aliphatic rings. The van der Waals surface area contributed by atoms with E-state index in [-0.39, 0.29) is 12.5 Å². The standard InChI is InChI=1S/C21H22N2O3/c1-14-15(2)26-20(23-14)13-22-21(24)16(3)25-19-11-9-18(10-12-19)17-7-5-4-6-8-17/h4-12,16H,13H2,1-3H3,(H,22,24). The number of aryl methyl sites for hydroxylation is 2. The Morgan fingerprint density at radius 2 is 1.73 bits per heavy atom. The maximum absolute atomic E-state index is 12.2. The van der Waals surface area contributed by atoms with Crippen LogP contribution >= 0.6 is 0 Å². The maximum Gasteiger partial charge on any atom is 0.261 e. The number of nitrogens with one attached hydrogen (secondary N) is 1. The van der Waals surface area contributed by atoms with Crippen LogP contribution in [0, 0.1) is 13.8 Å². The minimum absolute atomic E-state index is 0.217. The van der Waals surface area contributed by atoms with Crippen molar-refractivity contribution in [3.8, 4) is 16.9 Å². The Labute approximate surface area is 153 Å². The van der Waals surface area contributed by atoms with Gasteiger partial charge in [-0.2, -0.15) is 0 Å². The van der Waals surface area contributed by atoms with Gasteiger partial charge in [-0.3, -0.25) is 4.79 Å². The van der Waals surface area contributed by atoms with E-state index in [4.69, 9.17) is 9.15 Å². The van der Waals surface area contributed by atoms with Crippen molar-refractivity contribution in [3.63, 3.8) is 0 Å². The molecule has 1 N–H and O–H groups in total. The molecule has 3 aromatic rings. The van der Waals surface area contributed by atoms with E-state index in [1.54, 1.807) is 6.92 Å². The van der Waals surface area contributed by atoms with Gasteiger partial charge in [0, 0.05) is 0 Å². The Morgan fingerprint density at radius 3 is 2.35 bits per heavy atom. The number of hydrogen-bond acceptors (Lipinski definition) is 4. The van der Waals surface area contributed by atoms with Crippen LogP contribution in [0.2, 0.25) is 0 Å². The highest BCUT2D eigenvalue weighted by Crippen LogP contribution is 2.22. The highest BCUT2D eigenvalue weighted by molar-refractivity contribution is 5.80. The van der Waals surface area contributed by atoms with Gasteiger partial charge in [-0.05, 0) is 44.0 Å². The number of aromatic nitrogens is 1. The lowest BCUT2D eigenvalue weighted by molar-refractivity contribution is -0.127. The first-order valence-electron chi connectivity index (χ1n) is 8.55. The average molecular weight is 350 g/mol. The molecule has 134 valence electrons. The van der Waals surface area contributed by atoms with Crippen molar-refractivity contribution in [1.29, 1.82) is 0 Å². The van der Waals surface area contributed by atoms with E-state index in [9.17, 15) is 4.79 Å². The molecule has 0 bridgehead atoms. The molecular weight excluding hydrogens is 328 g/mol. The van der Waals surface area contributed by atoms with Gasteiger partial charge in [0.05, 0.1) is 12.2 Å². The third-order valence-corrected chi connectivity index (χ3v) is 4.13. The number of carbonyl (C=O) groups is 1. The van der Waals surface area contributed by atoms with Crippen LogP contribution in [0.15, 0.2) is 59.0 Å². The molecule has 5 nitrogen and oxygen atoms in total. The van der Waals surface area contributed by atoms with Gasteiger partial charge < -0.3 is 14.5 Å². The third kappa shape index (κ3) is 4.30. The highest BCUT2D eigenvalue weighted by Gasteiger charge is 2.16. The van der Waals surface area contributed by atoms with Crippen LogP contribution in [0.25, 0.3) is 11.1 Å². The summed E-state index contributed by atoms with van der Waals surface area (Å²) in [6.07, 6.45) is -0.616. The van der Waals surface area contributed by atoms with Gasteiger partial charge in [0.25, 0.3) is 5.91 Å². The van der Waals surface area contributed by atoms with Gasteiger partial charge >= 0.3 is 0 Å². The molecule has 0 saturated heterocycles. The van der Waals surface area contributed by atoms with Crippen LogP contribution < -0.4 is 10.1 Å². The number of oxazole rings is 1. The Bertz CT molecular complexity index is 851. The Balaban J connectivity index is 1.55. The first-order valence-corrected chi connectivity index (χ1v) is 8.55. The molecule has 1 unspecified atom stereocenters. The van der Waals surface area contributed by atoms with Gasteiger partial charge in [-0.1, -0.05) is 42.5 Å². The highest BCUT2D eigenvalue weighted by atomic mass is 16.5. The summed E-state index contributed by atoms with van der Waals surface area (Å²) < 4.78 is 11.2. The first-order chi connectivity index (χ1) is 12.5. The summed E-state index contributed by atoms with van der Waals surface area (Å²) in [5.41, 5.74) is 3.07. The van der Waals surface area contributed by atoms with Crippen LogP contribution in [0.5, 0.6) is 5.75 Å². The van der Waals surface area contributed by atoms with Gasteiger partial charge in [0.2, 0.25) is 5.89 Å². The summed E-state index contributed by atoms with van der Waals surface area (Å²) in [6, 6.07) is 17.8. The second-order valence-corrected chi connectivity index (χ2v) is 6.12. The molecule has 0 aliphatic carbocycles. The van der Waals surface area contributed by atoms with Crippen LogP contribution in [0.3, 0.4) is 0 Å². The van der Waals surface area contributed by atoms with Crippen molar-refractivity contribution < 1.29 is 13.9 Å². The van der Waals surface area contributed by atoms with E-state index in [0.29, 0.717) is 11.6 Å². The zero-order chi connectivity index (χ0) is 18.5. The predicted molar refractivity (Wildman–Crippen MR) is 99.8 cm³/mol. The smallest absolute Gasteiger partial charge is 0.261 e. The average Bonchev–Trinajstić information content (AvgIpc) is 2.99. The molecule has 0 saturated carbocycles. The lowest BCUT2D eigenvalue weighted by Crippen LogP contribution is -2.35. The Kier molecular flexibility index (Phi) is 5.37. The van der Waals surface area contributed by atoms with E-state index in [1.807, 2.05) is 56.3 Å². The van der Waals surface area contributed by atoms with E-state index in [0.717, 1.165) is 22.6 Å². The van der Waals surface area contributed by atoms with Crippen molar-refractivity contribution in [2.45, 2.75) is 33.4 Å². The quantitative estimate of drug-likeness (QED) is 0.729. The molecule has 5 heteroatoms. The van der Waals surface area contributed by atoms with Gasteiger partial charge in [-0.25, -0.2) is 4.98 Å². The molecule has 0 fully saturated rings. The number of rotatable bonds is 6. The minimum Gasteiger partial charge on any atom is -0.481 e. The number of ether oxygens (including phenoxy) is 1. The lowest BCUT2D eigenvalue weighted by atomic mass is 10.1. The van der Waals surface area contributed by atoms with Crippen LogP contribution in [-0.4, -0.2) is 17.0 Å². The van der Waals surface area contributed by atoms with Crippen LogP contribution in [0.1, 0.15) is 24.3 Å². The van der Waals surface area contributed by atoms with E-state index >= 15 is 0 Å². The van der Waals surface area contributed by atoms with Gasteiger partial charge in [0.15, 0.2) is 6.10 Å². The van der Waals surface area contributed by atoms with Gasteiger partial charge in [-0.15, -0.1) is 0 Å². The largest absolute Gasteiger partial charge is 0.481 e. The Hall–Kier alpha value is -3.08. The van der Waals surface area contributed by atoms with Crippen LogP contribution in [-0.2, 0) is 11.3 Å². The minimum atomic E-state index is -0.616. The SMILES string of the molecule is Cc1nc(CNC(=O)C(C)Oc2ccc(-c3ccccc3)cc2)oc1C. The molecule has 3 rings (SSSR count). The summed E-state index contributed by atoms with van der Waals surface area (Å²) in [7, 11) is 0. The van der Waals surface area contributed by atoms with Crippen molar-refractivity contribution in [3.05, 3.63) is 71.9 Å². The number of carbonyl (C=O) groups excluding carboxylic acids is 1. The summed E-state index contributed by atoms with van der Waals surface area (Å²) >= 11 is 0. The second-order valence-electron chi connectivity index (χ2n) is 6.12. The molecular formula is C21H22N2O3. The molecule has 0 spiro atoms. The first kappa shape index (κ1) is 17.7. The molecule has 26 heavy (non-hydrogen) atoms. The zero-order valence-electron chi connectivity index (χ0n) is 15.2. The molecule has 1 amide bonds. The molecule has 1 heterocycles. The third-order valence-electron chi connectivity index (χ3n) is 4.13. The second kappa shape index (κ2) is 7.87. The summed E-state index contributed by atoms with van der Waals surface area (Å²) in [4.78, 5) is 16.4. The number of hydrogen-bond donors (Lipinski definition) is 1. The van der Waals surface area contributed by atoms with Crippen molar-refractivity contribution in [2.75, 3.05) is 0 Å². The fourth-order valence-corrected chi connectivity index (χ4v) is 2.54. The fraction of sp³-hybridized carbons (Fsp3) is 0.238. The number of amides is 1. The fourth-order valence-electron chi connectivity index (χ4n) is 2.54. The van der Waals surface area contributed by atoms with Gasteiger partial charge in [0.1, 0.15) is 11.5 Å².